The van der Waals surface area contributed by atoms with E-state index in [1.807, 2.05) is 19.1 Å². The molecule has 4 nitrogen and oxygen atoms in total. The molecule has 2 aromatic carbocycles. The standard InChI is InChI=1S/C21H24FNO3S/c1-14(20-13-18(26-2)8-11-21(20)22)23-17-7-4-16(12-17)15-5-9-19(10-6-15)27(3,24)25/h5-6,8-11,13-14,16H,4,7,12H2,1-3H3/t14-,16+/m1/s1. The minimum Gasteiger partial charge on any atom is -0.497 e. The molecule has 0 aliphatic heterocycles. The Kier molecular flexibility index (Phi) is 5.65. The van der Waals surface area contributed by atoms with Gasteiger partial charge in [-0.2, -0.15) is 0 Å². The SMILES string of the molecule is COc1ccc(F)c([C@@H](C)N=C2CC[C@H](c3ccc(S(C)(=O)=O)cc3)C2)c1. The first-order chi connectivity index (χ1) is 12.8. The fraction of sp³-hybridized carbons (Fsp3) is 0.381. The second-order valence-corrected chi connectivity index (χ2v) is 9.06. The monoisotopic (exact) mass is 389 g/mol. The smallest absolute Gasteiger partial charge is 0.175 e. The molecular formula is C21H24FNO3S. The van der Waals surface area contributed by atoms with Crippen molar-refractivity contribution in [2.24, 2.45) is 4.99 Å². The van der Waals surface area contributed by atoms with Crippen molar-refractivity contribution in [1.82, 2.24) is 0 Å². The highest BCUT2D eigenvalue weighted by molar-refractivity contribution is 7.90. The van der Waals surface area contributed by atoms with Gasteiger partial charge in [-0.05, 0) is 68.0 Å². The van der Waals surface area contributed by atoms with Gasteiger partial charge in [0.2, 0.25) is 0 Å². The lowest BCUT2D eigenvalue weighted by molar-refractivity contribution is 0.412. The van der Waals surface area contributed by atoms with Crippen LogP contribution in [0.15, 0.2) is 52.4 Å². The van der Waals surface area contributed by atoms with Crippen molar-refractivity contribution in [3.8, 4) is 5.75 Å². The number of halogens is 1. The normalized spacial score (nSPS) is 20.0. The highest BCUT2D eigenvalue weighted by atomic mass is 32.2. The van der Waals surface area contributed by atoms with Crippen molar-refractivity contribution in [2.45, 2.75) is 43.0 Å². The first-order valence-electron chi connectivity index (χ1n) is 8.97. The molecule has 0 saturated heterocycles. The second kappa shape index (κ2) is 7.80. The van der Waals surface area contributed by atoms with Gasteiger partial charge in [0.1, 0.15) is 11.6 Å². The Morgan fingerprint density at radius 1 is 1.19 bits per heavy atom. The van der Waals surface area contributed by atoms with Gasteiger partial charge in [-0.25, -0.2) is 12.8 Å². The van der Waals surface area contributed by atoms with Crippen molar-refractivity contribution in [3.05, 3.63) is 59.4 Å². The summed E-state index contributed by atoms with van der Waals surface area (Å²) >= 11 is 0. The Labute approximate surface area is 160 Å². The molecule has 1 fully saturated rings. The van der Waals surface area contributed by atoms with Gasteiger partial charge in [0.05, 0.1) is 18.0 Å². The van der Waals surface area contributed by atoms with Crippen molar-refractivity contribution in [3.63, 3.8) is 0 Å². The van der Waals surface area contributed by atoms with E-state index < -0.39 is 9.84 Å². The quantitative estimate of drug-likeness (QED) is 0.744. The van der Waals surface area contributed by atoms with Gasteiger partial charge in [-0.3, -0.25) is 4.99 Å². The van der Waals surface area contributed by atoms with E-state index in [-0.39, 0.29) is 11.9 Å². The van der Waals surface area contributed by atoms with E-state index >= 15 is 0 Å². The molecule has 1 aliphatic carbocycles. The Hall–Kier alpha value is -2.21. The van der Waals surface area contributed by atoms with Gasteiger partial charge in [-0.1, -0.05) is 12.1 Å². The molecule has 0 aromatic heterocycles. The summed E-state index contributed by atoms with van der Waals surface area (Å²) in [6, 6.07) is 11.5. The summed E-state index contributed by atoms with van der Waals surface area (Å²) in [5.41, 5.74) is 2.72. The summed E-state index contributed by atoms with van der Waals surface area (Å²) in [5.74, 6) is 0.659. The van der Waals surface area contributed by atoms with E-state index in [9.17, 15) is 12.8 Å². The molecule has 27 heavy (non-hydrogen) atoms. The predicted molar refractivity (Wildman–Crippen MR) is 105 cm³/mol. The molecule has 6 heteroatoms. The van der Waals surface area contributed by atoms with Gasteiger partial charge < -0.3 is 4.74 Å². The first-order valence-corrected chi connectivity index (χ1v) is 10.9. The molecule has 2 atom stereocenters. The van der Waals surface area contributed by atoms with Crippen LogP contribution in [0.1, 0.15) is 49.3 Å². The van der Waals surface area contributed by atoms with Crippen LogP contribution in [0.2, 0.25) is 0 Å². The largest absolute Gasteiger partial charge is 0.497 e. The van der Waals surface area contributed by atoms with Crippen molar-refractivity contribution < 1.29 is 17.5 Å². The molecule has 0 amide bonds. The lowest BCUT2D eigenvalue weighted by Gasteiger charge is -2.12. The van der Waals surface area contributed by atoms with Crippen LogP contribution in [0.4, 0.5) is 4.39 Å². The third kappa shape index (κ3) is 4.56. The zero-order valence-corrected chi connectivity index (χ0v) is 16.6. The molecule has 3 rings (SSSR count). The van der Waals surface area contributed by atoms with Gasteiger partial charge in [0, 0.05) is 17.5 Å². The van der Waals surface area contributed by atoms with Crippen LogP contribution < -0.4 is 4.74 Å². The van der Waals surface area contributed by atoms with Gasteiger partial charge in [-0.15, -0.1) is 0 Å². The zero-order chi connectivity index (χ0) is 19.6. The number of hydrogen-bond acceptors (Lipinski definition) is 4. The molecule has 2 aromatic rings. The highest BCUT2D eigenvalue weighted by Gasteiger charge is 2.24. The fourth-order valence-corrected chi connectivity index (χ4v) is 4.16. The van der Waals surface area contributed by atoms with E-state index in [2.05, 4.69) is 0 Å². The van der Waals surface area contributed by atoms with Gasteiger partial charge >= 0.3 is 0 Å². The van der Waals surface area contributed by atoms with Crippen LogP contribution in [0.5, 0.6) is 5.75 Å². The molecular weight excluding hydrogens is 365 g/mol. The molecule has 0 spiro atoms. The van der Waals surface area contributed by atoms with E-state index in [0.29, 0.717) is 22.1 Å². The number of benzene rings is 2. The van der Waals surface area contributed by atoms with Crippen molar-refractivity contribution in [2.75, 3.05) is 13.4 Å². The Morgan fingerprint density at radius 3 is 2.52 bits per heavy atom. The van der Waals surface area contributed by atoms with Crippen LogP contribution in [-0.4, -0.2) is 27.5 Å². The molecule has 144 valence electrons. The Bertz CT molecular complexity index is 952. The van der Waals surface area contributed by atoms with Crippen LogP contribution >= 0.6 is 0 Å². The van der Waals surface area contributed by atoms with Gasteiger partial charge in [0.15, 0.2) is 9.84 Å². The summed E-state index contributed by atoms with van der Waals surface area (Å²) in [7, 11) is -1.62. The van der Waals surface area contributed by atoms with Crippen molar-refractivity contribution >= 4 is 15.5 Å². The number of methoxy groups -OCH3 is 1. The summed E-state index contributed by atoms with van der Waals surface area (Å²) in [4.78, 5) is 5.07. The summed E-state index contributed by atoms with van der Waals surface area (Å²) < 4.78 is 42.5. The maximum atomic E-state index is 14.1. The van der Waals surface area contributed by atoms with Crippen LogP contribution in [0, 0.1) is 5.82 Å². The summed E-state index contributed by atoms with van der Waals surface area (Å²) in [5, 5.41) is 0. The fourth-order valence-electron chi connectivity index (χ4n) is 3.53. The maximum absolute atomic E-state index is 14.1. The minimum absolute atomic E-state index is 0.276. The average molecular weight is 389 g/mol. The minimum atomic E-state index is -3.18. The average Bonchev–Trinajstić information content (AvgIpc) is 3.10. The predicted octanol–water partition coefficient (Wildman–Crippen LogP) is 4.71. The lowest BCUT2D eigenvalue weighted by Crippen LogP contribution is -2.01. The van der Waals surface area contributed by atoms with Crippen LogP contribution in [0.25, 0.3) is 0 Å². The van der Waals surface area contributed by atoms with Crippen LogP contribution in [-0.2, 0) is 9.84 Å². The van der Waals surface area contributed by atoms with Crippen molar-refractivity contribution in [1.29, 1.82) is 0 Å². The number of ether oxygens (including phenoxy) is 1. The molecule has 1 aliphatic rings. The molecule has 1 saturated carbocycles. The van der Waals surface area contributed by atoms with Crippen LogP contribution in [0.3, 0.4) is 0 Å². The molecule has 0 radical (unpaired) electrons. The zero-order valence-electron chi connectivity index (χ0n) is 15.8. The number of aliphatic imine (C=N–C) groups is 1. The topological polar surface area (TPSA) is 55.7 Å². The number of rotatable bonds is 5. The third-order valence-electron chi connectivity index (χ3n) is 5.07. The molecule has 0 N–H and O–H groups in total. The first kappa shape index (κ1) is 19.5. The Balaban J connectivity index is 1.73. The Morgan fingerprint density at radius 2 is 1.89 bits per heavy atom. The molecule has 0 heterocycles. The number of sulfone groups is 1. The summed E-state index contributed by atoms with van der Waals surface area (Å²) in [6.07, 6.45) is 3.86. The van der Waals surface area contributed by atoms with E-state index in [1.165, 1.54) is 12.3 Å². The second-order valence-electron chi connectivity index (χ2n) is 7.04. The van der Waals surface area contributed by atoms with E-state index in [4.69, 9.17) is 9.73 Å². The van der Waals surface area contributed by atoms with E-state index in [1.54, 1.807) is 31.4 Å². The van der Waals surface area contributed by atoms with Gasteiger partial charge in [0.25, 0.3) is 0 Å². The maximum Gasteiger partial charge on any atom is 0.175 e. The summed E-state index contributed by atoms with van der Waals surface area (Å²) in [6.45, 7) is 1.89. The molecule has 0 unspecified atom stereocenters. The number of hydrogen-bond donors (Lipinski definition) is 0. The lowest BCUT2D eigenvalue weighted by atomic mass is 9.98. The molecule has 0 bridgehead atoms. The third-order valence-corrected chi connectivity index (χ3v) is 6.20. The highest BCUT2D eigenvalue weighted by Crippen LogP contribution is 2.35. The number of nitrogens with zero attached hydrogens (tertiary/aromatic N) is 1. The van der Waals surface area contributed by atoms with E-state index in [0.717, 1.165) is 30.5 Å².